The summed E-state index contributed by atoms with van der Waals surface area (Å²) in [7, 11) is 0. The van der Waals surface area contributed by atoms with Crippen molar-refractivity contribution in [2.24, 2.45) is 0 Å². The average Bonchev–Trinajstić information content (AvgIpc) is 3.41. The molecule has 0 spiro atoms. The van der Waals surface area contributed by atoms with Gasteiger partial charge in [0.1, 0.15) is 11.6 Å². The highest BCUT2D eigenvalue weighted by Crippen LogP contribution is 2.34. The maximum absolute atomic E-state index is 12.9. The number of rotatable bonds is 3. The molecule has 5 heteroatoms. The van der Waals surface area contributed by atoms with Crippen LogP contribution in [0.1, 0.15) is 62.4 Å². The largest absolute Gasteiger partial charge is 0.438 e. The van der Waals surface area contributed by atoms with Crippen LogP contribution in [-0.4, -0.2) is 28.5 Å². The number of likely N-dealkylation sites (tertiary alicyclic amines) is 1. The number of hydrogen-bond acceptors (Lipinski definition) is 3. The number of fused-ring (bicyclic) bond motifs is 1. The fourth-order valence-corrected chi connectivity index (χ4v) is 4.86. The smallest absolute Gasteiger partial charge is 0.318 e. The van der Waals surface area contributed by atoms with Crippen LogP contribution in [-0.2, 0) is 0 Å². The minimum Gasteiger partial charge on any atom is -0.438 e. The Hall–Kier alpha value is -2.82. The molecule has 2 fully saturated rings. The molecule has 3 aromatic rings. The molecule has 5 rings (SSSR count). The monoisotopic (exact) mass is 403 g/mol. The van der Waals surface area contributed by atoms with Crippen molar-refractivity contribution in [3.8, 4) is 11.1 Å². The van der Waals surface area contributed by atoms with Gasteiger partial charge in [0.05, 0.1) is 0 Å². The Morgan fingerprint density at radius 1 is 1.03 bits per heavy atom. The van der Waals surface area contributed by atoms with E-state index in [1.165, 1.54) is 30.4 Å². The summed E-state index contributed by atoms with van der Waals surface area (Å²) in [5.41, 5.74) is 5.17. The number of benzene rings is 2. The Morgan fingerprint density at radius 3 is 2.70 bits per heavy atom. The molecule has 5 nitrogen and oxygen atoms in total. The number of oxazole rings is 1. The third-order valence-corrected chi connectivity index (χ3v) is 6.49. The van der Waals surface area contributed by atoms with Crippen molar-refractivity contribution in [3.05, 3.63) is 53.9 Å². The van der Waals surface area contributed by atoms with Gasteiger partial charge in [-0.3, -0.25) is 0 Å². The van der Waals surface area contributed by atoms with E-state index in [4.69, 9.17) is 9.40 Å². The van der Waals surface area contributed by atoms with Gasteiger partial charge < -0.3 is 14.6 Å². The van der Waals surface area contributed by atoms with Gasteiger partial charge in [0.25, 0.3) is 0 Å². The second-order valence-electron chi connectivity index (χ2n) is 8.74. The standard InChI is InChI=1S/C25H29N3O2/c1-17-7-5-8-18(15-17)19-12-13-23-21(16-19)27-24(30-23)22-11-6-14-28(22)25(29)26-20-9-3-2-4-10-20/h5,7-8,12-13,15-16,20,22H,2-4,6,9-11,14H2,1H3,(H,26,29)/t22-/m1/s1. The van der Waals surface area contributed by atoms with Crippen LogP contribution in [0.5, 0.6) is 0 Å². The van der Waals surface area contributed by atoms with Crippen molar-refractivity contribution < 1.29 is 9.21 Å². The summed E-state index contributed by atoms with van der Waals surface area (Å²) < 4.78 is 6.10. The molecule has 1 atom stereocenters. The summed E-state index contributed by atoms with van der Waals surface area (Å²) in [6.45, 7) is 2.86. The Bertz CT molecular complexity index is 1050. The van der Waals surface area contributed by atoms with Crippen LogP contribution < -0.4 is 5.32 Å². The summed E-state index contributed by atoms with van der Waals surface area (Å²) in [6, 6.07) is 14.9. The number of nitrogens with one attached hydrogen (secondary N) is 1. The maximum Gasteiger partial charge on any atom is 0.318 e. The van der Waals surface area contributed by atoms with E-state index in [1.54, 1.807) is 0 Å². The van der Waals surface area contributed by atoms with Crippen LogP contribution in [0.2, 0.25) is 0 Å². The second-order valence-corrected chi connectivity index (χ2v) is 8.74. The minimum atomic E-state index is -0.0802. The first-order chi connectivity index (χ1) is 14.7. The van der Waals surface area contributed by atoms with Gasteiger partial charge >= 0.3 is 6.03 Å². The molecule has 2 aromatic carbocycles. The molecule has 1 saturated heterocycles. The summed E-state index contributed by atoms with van der Waals surface area (Å²) in [5.74, 6) is 0.655. The predicted molar refractivity (Wildman–Crippen MR) is 118 cm³/mol. The van der Waals surface area contributed by atoms with Gasteiger partial charge in [0.15, 0.2) is 5.58 Å². The van der Waals surface area contributed by atoms with E-state index in [0.29, 0.717) is 11.9 Å². The van der Waals surface area contributed by atoms with Gasteiger partial charge in [-0.05, 0) is 55.9 Å². The number of aryl methyl sites for hydroxylation is 1. The number of hydrogen-bond donors (Lipinski definition) is 1. The van der Waals surface area contributed by atoms with Crippen molar-refractivity contribution >= 4 is 17.1 Å². The van der Waals surface area contributed by atoms with Gasteiger partial charge in [-0.15, -0.1) is 0 Å². The highest BCUT2D eigenvalue weighted by molar-refractivity contribution is 5.81. The van der Waals surface area contributed by atoms with E-state index < -0.39 is 0 Å². The number of nitrogens with zero attached hydrogens (tertiary/aromatic N) is 2. The average molecular weight is 404 g/mol. The van der Waals surface area contributed by atoms with E-state index in [2.05, 4.69) is 48.6 Å². The van der Waals surface area contributed by atoms with E-state index >= 15 is 0 Å². The molecule has 1 saturated carbocycles. The highest BCUT2D eigenvalue weighted by Gasteiger charge is 2.34. The van der Waals surface area contributed by atoms with Gasteiger partial charge in [0, 0.05) is 12.6 Å². The van der Waals surface area contributed by atoms with E-state index in [-0.39, 0.29) is 12.1 Å². The van der Waals surface area contributed by atoms with Crippen molar-refractivity contribution in [1.82, 2.24) is 15.2 Å². The quantitative estimate of drug-likeness (QED) is 0.585. The first kappa shape index (κ1) is 19.2. The third-order valence-electron chi connectivity index (χ3n) is 6.49. The highest BCUT2D eigenvalue weighted by atomic mass is 16.4. The Labute approximate surface area is 177 Å². The number of amides is 2. The molecule has 0 bridgehead atoms. The molecule has 30 heavy (non-hydrogen) atoms. The SMILES string of the molecule is Cc1cccc(-c2ccc3oc([C@H]4CCCN4C(=O)NC4CCCCC4)nc3c2)c1. The van der Waals surface area contributed by atoms with Crippen molar-refractivity contribution in [1.29, 1.82) is 0 Å². The molecule has 1 N–H and O–H groups in total. The number of carbonyl (C=O) groups excluding carboxylic acids is 1. The Morgan fingerprint density at radius 2 is 1.87 bits per heavy atom. The number of urea groups is 1. The molecule has 156 valence electrons. The van der Waals surface area contributed by atoms with Crippen molar-refractivity contribution in [2.45, 2.75) is 64.0 Å². The zero-order valence-corrected chi connectivity index (χ0v) is 17.6. The molecule has 0 radical (unpaired) electrons. The Kier molecular flexibility index (Phi) is 5.19. The van der Waals surface area contributed by atoms with E-state index in [0.717, 1.165) is 48.9 Å². The molecule has 1 aliphatic carbocycles. The fraction of sp³-hybridized carbons (Fsp3) is 0.440. The third kappa shape index (κ3) is 3.81. The second kappa shape index (κ2) is 8.13. The van der Waals surface area contributed by atoms with E-state index in [9.17, 15) is 4.79 Å². The zero-order valence-electron chi connectivity index (χ0n) is 17.6. The van der Waals surface area contributed by atoms with Crippen molar-refractivity contribution in [3.63, 3.8) is 0 Å². The first-order valence-corrected chi connectivity index (χ1v) is 11.2. The summed E-state index contributed by atoms with van der Waals surface area (Å²) in [6.07, 6.45) is 7.77. The predicted octanol–water partition coefficient (Wildman–Crippen LogP) is 5.98. The van der Waals surface area contributed by atoms with Crippen LogP contribution in [0.4, 0.5) is 4.79 Å². The van der Waals surface area contributed by atoms with Crippen molar-refractivity contribution in [2.75, 3.05) is 6.54 Å². The lowest BCUT2D eigenvalue weighted by atomic mass is 9.96. The molecule has 1 aromatic heterocycles. The zero-order chi connectivity index (χ0) is 20.5. The maximum atomic E-state index is 12.9. The van der Waals surface area contributed by atoms with Crippen LogP contribution in [0.25, 0.3) is 22.2 Å². The summed E-state index contributed by atoms with van der Waals surface area (Å²) >= 11 is 0. The van der Waals surface area contributed by atoms with Crippen LogP contribution in [0.15, 0.2) is 46.9 Å². The van der Waals surface area contributed by atoms with Crippen LogP contribution >= 0.6 is 0 Å². The molecule has 2 aliphatic rings. The summed E-state index contributed by atoms with van der Waals surface area (Å²) in [4.78, 5) is 19.6. The molecular weight excluding hydrogens is 374 g/mol. The molecular formula is C25H29N3O2. The minimum absolute atomic E-state index is 0.0344. The lowest BCUT2D eigenvalue weighted by Gasteiger charge is -2.28. The molecule has 2 amide bonds. The van der Waals surface area contributed by atoms with Gasteiger partial charge in [-0.25, -0.2) is 9.78 Å². The van der Waals surface area contributed by atoms with Gasteiger partial charge in [-0.1, -0.05) is 55.2 Å². The first-order valence-electron chi connectivity index (χ1n) is 11.2. The van der Waals surface area contributed by atoms with Crippen LogP contribution in [0, 0.1) is 6.92 Å². The van der Waals surface area contributed by atoms with Crippen LogP contribution in [0.3, 0.4) is 0 Å². The topological polar surface area (TPSA) is 58.4 Å². The molecule has 0 unspecified atom stereocenters. The van der Waals surface area contributed by atoms with E-state index in [1.807, 2.05) is 11.0 Å². The lowest BCUT2D eigenvalue weighted by molar-refractivity contribution is 0.178. The number of carbonyl (C=O) groups is 1. The van der Waals surface area contributed by atoms with Gasteiger partial charge in [-0.2, -0.15) is 0 Å². The summed E-state index contributed by atoms with van der Waals surface area (Å²) in [5, 5.41) is 3.25. The molecule has 1 aliphatic heterocycles. The normalized spacial score (nSPS) is 20.0. The van der Waals surface area contributed by atoms with Gasteiger partial charge in [0.2, 0.25) is 5.89 Å². The molecule has 2 heterocycles. The fourth-order valence-electron chi connectivity index (χ4n) is 4.86. The lowest BCUT2D eigenvalue weighted by Crippen LogP contribution is -2.45. The Balaban J connectivity index is 1.37. The number of aromatic nitrogens is 1.